The molecule has 7 heteroatoms. The number of ether oxygens (including phenoxy) is 2. The average Bonchev–Trinajstić information content (AvgIpc) is 3.31. The van der Waals surface area contributed by atoms with Crippen molar-refractivity contribution in [2.24, 2.45) is 5.10 Å². The van der Waals surface area contributed by atoms with Crippen LogP contribution in [0, 0.1) is 0 Å². The van der Waals surface area contributed by atoms with Crippen LogP contribution in [0.5, 0.6) is 5.75 Å². The number of carbonyl (C=O) groups is 1. The first-order chi connectivity index (χ1) is 17.7. The largest absolute Gasteiger partial charge is 0.484 e. The molecule has 3 aromatic carbocycles. The molecule has 0 spiro atoms. The van der Waals surface area contributed by atoms with E-state index in [9.17, 15) is 4.79 Å². The maximum absolute atomic E-state index is 12.4. The lowest BCUT2D eigenvalue weighted by Crippen LogP contribution is -2.36. The lowest BCUT2D eigenvalue weighted by atomic mass is 10.1. The minimum absolute atomic E-state index is 0.104. The van der Waals surface area contributed by atoms with Gasteiger partial charge in [-0.1, -0.05) is 54.1 Å². The number of carbonyl (C=O) groups excluding carboxylic acids is 1. The normalized spacial score (nSPS) is 17.4. The number of benzene rings is 3. The van der Waals surface area contributed by atoms with E-state index in [1.165, 1.54) is 11.3 Å². The van der Waals surface area contributed by atoms with E-state index in [0.29, 0.717) is 19.0 Å². The molecule has 0 aromatic heterocycles. The fraction of sp³-hybridized carbons (Fsp3) is 0.241. The molecular weight excluding hydrogens is 474 g/mol. The van der Waals surface area contributed by atoms with Gasteiger partial charge >= 0.3 is 0 Å². The van der Waals surface area contributed by atoms with Gasteiger partial charge in [0.2, 0.25) is 0 Å². The van der Waals surface area contributed by atoms with Crippen LogP contribution < -0.4 is 10.2 Å². The molecule has 184 valence electrons. The van der Waals surface area contributed by atoms with Gasteiger partial charge in [-0.3, -0.25) is 4.79 Å². The maximum Gasteiger partial charge on any atom is 0.277 e. The van der Waals surface area contributed by atoms with Crippen molar-refractivity contribution in [3.8, 4) is 5.75 Å². The monoisotopic (exact) mass is 501 g/mol. The van der Waals surface area contributed by atoms with E-state index in [1.54, 1.807) is 6.21 Å². The van der Waals surface area contributed by atoms with Gasteiger partial charge in [-0.05, 0) is 70.7 Å². The number of fused-ring (bicyclic) bond motifs is 1. The molecule has 6 nitrogen and oxygen atoms in total. The van der Waals surface area contributed by atoms with Gasteiger partial charge in [0.25, 0.3) is 5.91 Å². The van der Waals surface area contributed by atoms with Gasteiger partial charge in [-0.15, -0.1) is 0 Å². The third-order valence-corrected chi connectivity index (χ3v) is 6.56. The van der Waals surface area contributed by atoms with Crippen LogP contribution >= 0.6 is 11.6 Å². The molecule has 2 aliphatic rings. The van der Waals surface area contributed by atoms with E-state index in [-0.39, 0.29) is 12.5 Å². The quantitative estimate of drug-likeness (QED) is 0.346. The van der Waals surface area contributed by atoms with Gasteiger partial charge in [0.15, 0.2) is 6.61 Å². The lowest BCUT2D eigenvalue weighted by Gasteiger charge is -2.31. The summed E-state index contributed by atoms with van der Waals surface area (Å²) in [4.78, 5) is 14.7. The van der Waals surface area contributed by atoms with Gasteiger partial charge in [0, 0.05) is 23.8 Å². The standard InChI is InChI=1S/C29H28ClN3O3/c30-26-10-5-21(6-11-26)17-24-7-8-25(29(24)33-13-15-35-16-14-33)19-31-32-28(34)20-36-27-12-9-22-3-1-2-4-23(22)18-27/h1-6,9-12,17-19H,7-8,13-16,20H2,(H,32,34)/b24-17-,31-19?. The first-order valence-electron chi connectivity index (χ1n) is 12.1. The highest BCUT2D eigenvalue weighted by Gasteiger charge is 2.25. The fourth-order valence-electron chi connectivity index (χ4n) is 4.55. The first kappa shape index (κ1) is 24.1. The molecule has 0 saturated carbocycles. The minimum Gasteiger partial charge on any atom is -0.484 e. The molecule has 1 aliphatic heterocycles. The number of allylic oxidation sites excluding steroid dienone is 2. The summed E-state index contributed by atoms with van der Waals surface area (Å²) in [6.07, 6.45) is 5.74. The zero-order valence-corrected chi connectivity index (χ0v) is 20.7. The summed E-state index contributed by atoms with van der Waals surface area (Å²) in [5.74, 6) is 0.348. The molecular formula is C29H28ClN3O3. The van der Waals surface area contributed by atoms with Crippen LogP contribution in [0.4, 0.5) is 0 Å². The molecule has 5 rings (SSSR count). The average molecular weight is 502 g/mol. The molecule has 0 atom stereocenters. The lowest BCUT2D eigenvalue weighted by molar-refractivity contribution is -0.123. The molecule has 1 amide bonds. The highest BCUT2D eigenvalue weighted by atomic mass is 35.5. The number of halogens is 1. The number of nitrogens with one attached hydrogen (secondary N) is 1. The van der Waals surface area contributed by atoms with Crippen LogP contribution in [0.15, 0.2) is 88.7 Å². The van der Waals surface area contributed by atoms with E-state index in [0.717, 1.165) is 52.9 Å². The molecule has 1 heterocycles. The van der Waals surface area contributed by atoms with Gasteiger partial charge < -0.3 is 14.4 Å². The van der Waals surface area contributed by atoms with Crippen molar-refractivity contribution in [1.82, 2.24) is 10.3 Å². The first-order valence-corrected chi connectivity index (χ1v) is 12.5. The summed E-state index contributed by atoms with van der Waals surface area (Å²) < 4.78 is 11.2. The van der Waals surface area contributed by atoms with Crippen molar-refractivity contribution in [3.63, 3.8) is 0 Å². The molecule has 3 aromatic rings. The molecule has 0 bridgehead atoms. The predicted molar refractivity (Wildman–Crippen MR) is 144 cm³/mol. The van der Waals surface area contributed by atoms with E-state index >= 15 is 0 Å². The maximum atomic E-state index is 12.4. The van der Waals surface area contributed by atoms with Gasteiger partial charge in [0.05, 0.1) is 19.4 Å². The second kappa shape index (κ2) is 11.4. The zero-order valence-electron chi connectivity index (χ0n) is 20.0. The van der Waals surface area contributed by atoms with Crippen LogP contribution in [0.2, 0.25) is 5.02 Å². The minimum atomic E-state index is -0.303. The molecule has 1 fully saturated rings. The van der Waals surface area contributed by atoms with Gasteiger partial charge in [-0.2, -0.15) is 5.10 Å². The highest BCUT2D eigenvalue weighted by Crippen LogP contribution is 2.35. The van der Waals surface area contributed by atoms with Crippen molar-refractivity contribution in [2.75, 3.05) is 32.9 Å². The van der Waals surface area contributed by atoms with Crippen LogP contribution in [-0.2, 0) is 9.53 Å². The number of hydrogen-bond acceptors (Lipinski definition) is 5. The Kier molecular flexibility index (Phi) is 7.64. The number of hydrogen-bond donors (Lipinski definition) is 1. The molecule has 1 N–H and O–H groups in total. The van der Waals surface area contributed by atoms with E-state index in [1.807, 2.05) is 66.7 Å². The Bertz CT molecular complexity index is 1330. The topological polar surface area (TPSA) is 63.2 Å². The summed E-state index contributed by atoms with van der Waals surface area (Å²) in [6.45, 7) is 2.95. The Morgan fingerprint density at radius 1 is 1.03 bits per heavy atom. The third-order valence-electron chi connectivity index (χ3n) is 6.31. The van der Waals surface area contributed by atoms with Crippen LogP contribution in [0.1, 0.15) is 18.4 Å². The predicted octanol–water partition coefficient (Wildman–Crippen LogP) is 5.44. The summed E-state index contributed by atoms with van der Waals surface area (Å²) in [7, 11) is 0. The molecule has 0 unspecified atom stereocenters. The van der Waals surface area contributed by atoms with Crippen molar-refractivity contribution >= 4 is 40.6 Å². The summed E-state index contributed by atoms with van der Waals surface area (Å²) in [6, 6.07) is 21.7. The van der Waals surface area contributed by atoms with Crippen LogP contribution in [0.25, 0.3) is 16.8 Å². The summed E-state index contributed by atoms with van der Waals surface area (Å²) in [5.41, 5.74) is 7.25. The summed E-state index contributed by atoms with van der Waals surface area (Å²) >= 11 is 6.05. The SMILES string of the molecule is O=C(COc1ccc2ccccc2c1)NN=CC1=C(N2CCOCC2)/C(=C\c2ccc(Cl)cc2)CC1. The molecule has 0 radical (unpaired) electrons. The second-order valence-corrected chi connectivity index (χ2v) is 9.22. The number of rotatable bonds is 7. The Morgan fingerprint density at radius 3 is 2.61 bits per heavy atom. The van der Waals surface area contributed by atoms with Crippen molar-refractivity contribution in [3.05, 3.63) is 94.2 Å². The Labute approximate surface area is 215 Å². The van der Waals surface area contributed by atoms with E-state index < -0.39 is 0 Å². The van der Waals surface area contributed by atoms with Crippen LogP contribution in [0.3, 0.4) is 0 Å². The van der Waals surface area contributed by atoms with Gasteiger partial charge in [-0.25, -0.2) is 5.43 Å². The fourth-order valence-corrected chi connectivity index (χ4v) is 4.68. The number of morpholine rings is 1. The molecule has 1 aliphatic carbocycles. The Balaban J connectivity index is 1.25. The highest BCUT2D eigenvalue weighted by molar-refractivity contribution is 6.30. The number of nitrogens with zero attached hydrogens (tertiary/aromatic N) is 2. The third kappa shape index (κ3) is 5.96. The van der Waals surface area contributed by atoms with E-state index in [2.05, 4.69) is 21.5 Å². The van der Waals surface area contributed by atoms with E-state index in [4.69, 9.17) is 21.1 Å². The van der Waals surface area contributed by atoms with Crippen molar-refractivity contribution in [2.45, 2.75) is 12.8 Å². The van der Waals surface area contributed by atoms with Crippen molar-refractivity contribution < 1.29 is 14.3 Å². The second-order valence-electron chi connectivity index (χ2n) is 8.79. The summed E-state index contributed by atoms with van der Waals surface area (Å²) in [5, 5.41) is 7.17. The number of hydrazone groups is 1. The Morgan fingerprint density at radius 2 is 1.81 bits per heavy atom. The number of amides is 1. The van der Waals surface area contributed by atoms with Crippen molar-refractivity contribution in [1.29, 1.82) is 0 Å². The Hall–Kier alpha value is -3.61. The zero-order chi connectivity index (χ0) is 24.7. The smallest absolute Gasteiger partial charge is 0.277 e. The molecule has 1 saturated heterocycles. The van der Waals surface area contributed by atoms with Gasteiger partial charge in [0.1, 0.15) is 5.75 Å². The molecule has 36 heavy (non-hydrogen) atoms. The van der Waals surface area contributed by atoms with Crippen LogP contribution in [-0.4, -0.2) is 49.9 Å².